The van der Waals surface area contributed by atoms with E-state index in [-0.39, 0.29) is 13.2 Å². The van der Waals surface area contributed by atoms with Gasteiger partial charge in [-0.1, -0.05) is 48.5 Å². The van der Waals surface area contributed by atoms with Crippen molar-refractivity contribution in [2.75, 3.05) is 0 Å². The Kier molecular flexibility index (Phi) is 7.66. The molecule has 0 amide bonds. The van der Waals surface area contributed by atoms with Crippen LogP contribution in [0.4, 0.5) is 0 Å². The normalized spacial score (nSPS) is 11.6. The topological polar surface area (TPSA) is 127 Å². The summed E-state index contributed by atoms with van der Waals surface area (Å²) >= 11 is 0. The Hall–Kier alpha value is -3.36. The number of hydrogen-bond acceptors (Lipinski definition) is 8. The van der Waals surface area contributed by atoms with Gasteiger partial charge in [0.1, 0.15) is 24.4 Å². The van der Waals surface area contributed by atoms with Crippen LogP contribution in [0.1, 0.15) is 59.5 Å². The number of Topliss-reactive ketones (excluding diaryl/α,β-unsaturated/α-hetero) is 2. The van der Waals surface area contributed by atoms with E-state index < -0.39 is 34.7 Å². The highest BCUT2D eigenvalue weighted by Crippen LogP contribution is 2.15. The van der Waals surface area contributed by atoms with Crippen LogP contribution in [-0.4, -0.2) is 44.9 Å². The van der Waals surface area contributed by atoms with E-state index in [1.165, 1.54) is 52.0 Å². The Morgan fingerprint density at radius 1 is 0.625 bits per heavy atom. The van der Waals surface area contributed by atoms with Crippen molar-refractivity contribution in [3.8, 4) is 0 Å². The van der Waals surface area contributed by atoms with Crippen molar-refractivity contribution in [2.45, 2.75) is 52.1 Å². The van der Waals surface area contributed by atoms with E-state index >= 15 is 0 Å². The molecule has 170 valence electrons. The van der Waals surface area contributed by atoms with E-state index in [2.05, 4.69) is 0 Å². The maximum atomic E-state index is 12.0. The summed E-state index contributed by atoms with van der Waals surface area (Å²) in [4.78, 5) is 47.7. The van der Waals surface area contributed by atoms with Crippen LogP contribution in [0.3, 0.4) is 0 Å². The lowest BCUT2D eigenvalue weighted by molar-refractivity contribution is -0.169. The first-order valence-electron chi connectivity index (χ1n) is 9.85. The number of hydrogen-bond donors (Lipinski definition) is 2. The minimum Gasteiger partial charge on any atom is -0.452 e. The van der Waals surface area contributed by atoms with Crippen molar-refractivity contribution in [3.05, 3.63) is 70.8 Å². The molecular weight excluding hydrogens is 416 g/mol. The molecule has 0 atom stereocenters. The molecule has 32 heavy (non-hydrogen) atoms. The van der Waals surface area contributed by atoms with E-state index in [1.807, 2.05) is 0 Å². The molecule has 0 radical (unpaired) electrons. The highest BCUT2D eigenvalue weighted by molar-refractivity contribution is 6.29. The number of ketones is 2. The third-order valence-corrected chi connectivity index (χ3v) is 4.45. The molecule has 2 rings (SSSR count). The lowest BCUT2D eigenvalue weighted by Crippen LogP contribution is -2.31. The maximum absolute atomic E-state index is 12.0. The van der Waals surface area contributed by atoms with Crippen molar-refractivity contribution in [3.63, 3.8) is 0 Å². The number of aliphatic hydroxyl groups is 2. The molecule has 0 aromatic heterocycles. The van der Waals surface area contributed by atoms with Crippen LogP contribution in [0.2, 0.25) is 0 Å². The lowest BCUT2D eigenvalue weighted by atomic mass is 9.96. The molecule has 8 heteroatoms. The predicted molar refractivity (Wildman–Crippen MR) is 114 cm³/mol. The molecule has 0 fully saturated rings. The molecule has 0 spiro atoms. The molecule has 2 N–H and O–H groups in total. The zero-order valence-corrected chi connectivity index (χ0v) is 18.4. The Morgan fingerprint density at radius 3 is 1.16 bits per heavy atom. The highest BCUT2D eigenvalue weighted by atomic mass is 16.6. The summed E-state index contributed by atoms with van der Waals surface area (Å²) in [7, 11) is 0. The van der Waals surface area contributed by atoms with E-state index in [9.17, 15) is 29.4 Å². The second kappa shape index (κ2) is 9.84. The van der Waals surface area contributed by atoms with Gasteiger partial charge in [0.15, 0.2) is 11.6 Å². The number of ether oxygens (including phenoxy) is 2. The zero-order chi connectivity index (χ0) is 24.1. The van der Waals surface area contributed by atoms with Gasteiger partial charge in [-0.2, -0.15) is 0 Å². The molecule has 2 aromatic carbocycles. The quantitative estimate of drug-likeness (QED) is 0.362. The van der Waals surface area contributed by atoms with Crippen LogP contribution in [0.25, 0.3) is 0 Å². The van der Waals surface area contributed by atoms with Crippen LogP contribution < -0.4 is 0 Å². The van der Waals surface area contributed by atoms with Crippen LogP contribution in [-0.2, 0) is 32.3 Å². The standard InChI is InChI=1S/C24H26O8/c1-23(2,29)19(25)17-9-5-15(6-10-17)13-31-21(27)22(28)32-14-16-7-11-18(12-8-16)20(26)24(3,4)30/h5-12,29-30H,13-14H2,1-4H3. The van der Waals surface area contributed by atoms with Gasteiger partial charge in [0, 0.05) is 11.1 Å². The summed E-state index contributed by atoms with van der Waals surface area (Å²) in [6, 6.07) is 12.2. The van der Waals surface area contributed by atoms with Crippen LogP contribution in [0.15, 0.2) is 48.5 Å². The first-order chi connectivity index (χ1) is 14.8. The first kappa shape index (κ1) is 24.9. The van der Waals surface area contributed by atoms with Gasteiger partial charge in [-0.15, -0.1) is 0 Å². The van der Waals surface area contributed by atoms with Gasteiger partial charge < -0.3 is 19.7 Å². The molecule has 0 saturated carbocycles. The van der Waals surface area contributed by atoms with Crippen molar-refractivity contribution >= 4 is 23.5 Å². The average molecular weight is 442 g/mol. The van der Waals surface area contributed by atoms with Gasteiger partial charge in [-0.05, 0) is 38.8 Å². The third kappa shape index (κ3) is 6.83. The van der Waals surface area contributed by atoms with Crippen molar-refractivity contribution in [1.82, 2.24) is 0 Å². The molecule has 2 aromatic rings. The minimum atomic E-state index is -1.50. The number of carbonyl (C=O) groups is 4. The van der Waals surface area contributed by atoms with Gasteiger partial charge in [0.2, 0.25) is 0 Å². The Labute approximate surface area is 185 Å². The zero-order valence-electron chi connectivity index (χ0n) is 18.4. The van der Waals surface area contributed by atoms with Gasteiger partial charge in [0.05, 0.1) is 0 Å². The van der Waals surface area contributed by atoms with Crippen molar-refractivity contribution in [1.29, 1.82) is 0 Å². The summed E-state index contributed by atoms with van der Waals surface area (Å²) in [5, 5.41) is 19.5. The number of esters is 2. The SMILES string of the molecule is CC(C)(O)C(=O)c1ccc(COC(=O)C(=O)OCc2ccc(C(=O)C(C)(C)O)cc2)cc1. The predicted octanol–water partition coefficient (Wildman–Crippen LogP) is 2.38. The van der Waals surface area contributed by atoms with Gasteiger partial charge in [-0.3, -0.25) is 9.59 Å². The second-order valence-electron chi connectivity index (χ2n) is 8.32. The minimum absolute atomic E-state index is 0.196. The summed E-state index contributed by atoms with van der Waals surface area (Å²) in [5.74, 6) is -3.23. The van der Waals surface area contributed by atoms with Crippen LogP contribution in [0.5, 0.6) is 0 Å². The summed E-state index contributed by atoms with van der Waals surface area (Å²) < 4.78 is 9.83. The van der Waals surface area contributed by atoms with E-state index in [0.29, 0.717) is 22.3 Å². The van der Waals surface area contributed by atoms with E-state index in [4.69, 9.17) is 9.47 Å². The first-order valence-corrected chi connectivity index (χ1v) is 9.85. The maximum Gasteiger partial charge on any atom is 0.417 e. The van der Waals surface area contributed by atoms with Gasteiger partial charge in [-0.25, -0.2) is 9.59 Å². The Morgan fingerprint density at radius 2 is 0.906 bits per heavy atom. The molecule has 0 aliphatic carbocycles. The highest BCUT2D eigenvalue weighted by Gasteiger charge is 2.26. The Bertz CT molecular complexity index is 907. The average Bonchev–Trinajstić information content (AvgIpc) is 2.74. The fraction of sp³-hybridized carbons (Fsp3) is 0.333. The Balaban J connectivity index is 1.84. The molecule has 0 aliphatic rings. The van der Waals surface area contributed by atoms with E-state index in [1.54, 1.807) is 24.3 Å². The molecular formula is C24H26O8. The monoisotopic (exact) mass is 442 g/mol. The van der Waals surface area contributed by atoms with Crippen molar-refractivity contribution < 1.29 is 38.9 Å². The van der Waals surface area contributed by atoms with Gasteiger partial charge in [0.25, 0.3) is 0 Å². The molecule has 0 heterocycles. The fourth-order valence-electron chi connectivity index (χ4n) is 2.63. The summed E-state index contributed by atoms with van der Waals surface area (Å²) in [6.45, 7) is 5.17. The lowest BCUT2D eigenvalue weighted by Gasteiger charge is -2.15. The van der Waals surface area contributed by atoms with Crippen molar-refractivity contribution in [2.24, 2.45) is 0 Å². The van der Waals surface area contributed by atoms with E-state index in [0.717, 1.165) is 0 Å². The van der Waals surface area contributed by atoms with Crippen LogP contribution in [0, 0.1) is 0 Å². The smallest absolute Gasteiger partial charge is 0.417 e. The van der Waals surface area contributed by atoms with Crippen LogP contribution >= 0.6 is 0 Å². The largest absolute Gasteiger partial charge is 0.452 e. The summed E-state index contributed by atoms with van der Waals surface area (Å²) in [5.41, 5.74) is -1.29. The molecule has 0 bridgehead atoms. The molecule has 0 aliphatic heterocycles. The number of benzene rings is 2. The molecule has 0 saturated heterocycles. The summed E-state index contributed by atoms with van der Waals surface area (Å²) in [6.07, 6.45) is 0. The molecule has 8 nitrogen and oxygen atoms in total. The second-order valence-corrected chi connectivity index (χ2v) is 8.32. The fourth-order valence-corrected chi connectivity index (χ4v) is 2.63. The third-order valence-electron chi connectivity index (χ3n) is 4.45. The molecule has 0 unspecified atom stereocenters. The van der Waals surface area contributed by atoms with Gasteiger partial charge >= 0.3 is 11.9 Å². The number of carbonyl (C=O) groups excluding carboxylic acids is 4. The number of rotatable bonds is 8.